The Bertz CT molecular complexity index is 1100. The molecule has 0 radical (unpaired) electrons. The zero-order valence-electron chi connectivity index (χ0n) is 19.3. The maximum atomic E-state index is 12.9. The lowest BCUT2D eigenvalue weighted by Crippen LogP contribution is -2.48. The first-order valence-electron chi connectivity index (χ1n) is 10.8. The van der Waals surface area contributed by atoms with E-state index in [2.05, 4.69) is 5.32 Å². The minimum Gasteiger partial charge on any atom is -0.497 e. The number of nitrogens with one attached hydrogen (secondary N) is 1. The van der Waals surface area contributed by atoms with E-state index in [0.29, 0.717) is 22.4 Å². The van der Waals surface area contributed by atoms with Crippen LogP contribution in [0.25, 0.3) is 0 Å². The number of carbonyl (C=O) groups is 3. The van der Waals surface area contributed by atoms with Gasteiger partial charge >= 0.3 is 11.9 Å². The number of methoxy groups -OCH3 is 2. The first-order chi connectivity index (χ1) is 16.4. The maximum absolute atomic E-state index is 12.9. The molecule has 0 fully saturated rings. The minimum absolute atomic E-state index is 0.371. The van der Waals surface area contributed by atoms with E-state index in [1.54, 1.807) is 99.0 Å². The van der Waals surface area contributed by atoms with Crippen LogP contribution in [0.1, 0.15) is 39.3 Å². The van der Waals surface area contributed by atoms with Gasteiger partial charge in [0.2, 0.25) is 0 Å². The lowest BCUT2D eigenvalue weighted by Gasteiger charge is -2.30. The molecule has 7 nitrogen and oxygen atoms in total. The normalized spacial score (nSPS) is 13.1. The summed E-state index contributed by atoms with van der Waals surface area (Å²) in [5, 5.41) is 2.74. The molecule has 3 aromatic carbocycles. The fourth-order valence-corrected chi connectivity index (χ4v) is 3.55. The van der Waals surface area contributed by atoms with Crippen molar-refractivity contribution in [2.45, 2.75) is 19.1 Å². The van der Waals surface area contributed by atoms with Crippen molar-refractivity contribution < 1.29 is 28.6 Å². The molecule has 0 aliphatic heterocycles. The Morgan fingerprint density at radius 2 is 1.32 bits per heavy atom. The summed E-state index contributed by atoms with van der Waals surface area (Å²) in [5.74, 6) is -1.67. The van der Waals surface area contributed by atoms with Gasteiger partial charge in [0.15, 0.2) is 0 Å². The molecule has 0 saturated heterocycles. The van der Waals surface area contributed by atoms with E-state index in [0.717, 1.165) is 0 Å². The standard InChI is InChI=1S/C27H27NO6/c1-18(23(27(31)33-3)28-25(29)20-10-6-4-7-11-20)24(19-14-16-22(32-2)17-15-19)34-26(30)21-12-8-5-9-13-21/h4-18,23-24H,1-3H3,(H,28,29)/t18-,23-,24-/m0/s1. The second kappa shape index (κ2) is 11.7. The Balaban J connectivity index is 1.93. The van der Waals surface area contributed by atoms with Crippen LogP contribution < -0.4 is 10.1 Å². The van der Waals surface area contributed by atoms with E-state index in [4.69, 9.17) is 14.2 Å². The summed E-state index contributed by atoms with van der Waals surface area (Å²) in [6, 6.07) is 23.0. The summed E-state index contributed by atoms with van der Waals surface area (Å²) < 4.78 is 16.1. The van der Waals surface area contributed by atoms with E-state index in [1.807, 2.05) is 0 Å². The SMILES string of the molecule is COC(=O)[C@@H](NC(=O)c1ccccc1)[C@H](C)[C@H](OC(=O)c1ccccc1)c1ccc(OC)cc1. The summed E-state index contributed by atoms with van der Waals surface area (Å²) in [7, 11) is 2.80. The molecule has 1 amide bonds. The van der Waals surface area contributed by atoms with Gasteiger partial charge in [-0.15, -0.1) is 0 Å². The van der Waals surface area contributed by atoms with Gasteiger partial charge in [-0.1, -0.05) is 55.5 Å². The van der Waals surface area contributed by atoms with Crippen molar-refractivity contribution in [2.75, 3.05) is 14.2 Å². The van der Waals surface area contributed by atoms with Crippen LogP contribution in [-0.4, -0.2) is 38.1 Å². The smallest absolute Gasteiger partial charge is 0.338 e. The molecule has 0 saturated carbocycles. The van der Waals surface area contributed by atoms with Crippen LogP contribution in [-0.2, 0) is 14.3 Å². The summed E-state index contributed by atoms with van der Waals surface area (Å²) >= 11 is 0. The number of carbonyl (C=O) groups excluding carboxylic acids is 3. The number of ether oxygens (including phenoxy) is 3. The Hall–Kier alpha value is -4.13. The van der Waals surface area contributed by atoms with Gasteiger partial charge < -0.3 is 19.5 Å². The van der Waals surface area contributed by atoms with Crippen molar-refractivity contribution in [2.24, 2.45) is 5.92 Å². The van der Waals surface area contributed by atoms with Gasteiger partial charge in [0, 0.05) is 11.5 Å². The minimum atomic E-state index is -1.08. The monoisotopic (exact) mass is 461 g/mol. The van der Waals surface area contributed by atoms with Crippen molar-refractivity contribution in [3.8, 4) is 5.75 Å². The fraction of sp³-hybridized carbons (Fsp3) is 0.222. The molecular weight excluding hydrogens is 434 g/mol. The molecule has 1 N–H and O–H groups in total. The maximum Gasteiger partial charge on any atom is 0.338 e. The first-order valence-corrected chi connectivity index (χ1v) is 10.8. The van der Waals surface area contributed by atoms with Crippen molar-refractivity contribution in [3.63, 3.8) is 0 Å². The third kappa shape index (κ3) is 6.01. The Morgan fingerprint density at radius 3 is 1.85 bits per heavy atom. The van der Waals surface area contributed by atoms with Crippen LogP contribution in [0, 0.1) is 5.92 Å². The highest BCUT2D eigenvalue weighted by Crippen LogP contribution is 2.31. The van der Waals surface area contributed by atoms with E-state index in [-0.39, 0.29) is 0 Å². The van der Waals surface area contributed by atoms with Gasteiger partial charge in [0.1, 0.15) is 17.9 Å². The molecule has 34 heavy (non-hydrogen) atoms. The van der Waals surface area contributed by atoms with Gasteiger partial charge in [-0.3, -0.25) is 4.79 Å². The second-order valence-electron chi connectivity index (χ2n) is 7.66. The third-order valence-corrected chi connectivity index (χ3v) is 5.47. The lowest BCUT2D eigenvalue weighted by molar-refractivity contribution is -0.145. The van der Waals surface area contributed by atoms with Gasteiger partial charge in [-0.25, -0.2) is 9.59 Å². The summed E-state index contributed by atoms with van der Waals surface area (Å²) in [6.07, 6.45) is -0.862. The summed E-state index contributed by atoms with van der Waals surface area (Å²) in [5.41, 5.74) is 1.41. The van der Waals surface area contributed by atoms with Crippen LogP contribution in [0.4, 0.5) is 0 Å². The Labute approximate surface area is 198 Å². The molecule has 3 aromatic rings. The van der Waals surface area contributed by atoms with Gasteiger partial charge in [0.25, 0.3) is 5.91 Å². The van der Waals surface area contributed by atoms with Crippen LogP contribution in [0.5, 0.6) is 5.75 Å². The third-order valence-electron chi connectivity index (χ3n) is 5.47. The van der Waals surface area contributed by atoms with Gasteiger partial charge in [0.05, 0.1) is 19.8 Å². The largest absolute Gasteiger partial charge is 0.497 e. The van der Waals surface area contributed by atoms with Crippen LogP contribution in [0.3, 0.4) is 0 Å². The highest BCUT2D eigenvalue weighted by atomic mass is 16.5. The molecule has 0 heterocycles. The van der Waals surface area contributed by atoms with E-state index >= 15 is 0 Å². The molecule has 7 heteroatoms. The van der Waals surface area contributed by atoms with Crippen molar-refractivity contribution in [1.82, 2.24) is 5.32 Å². The average molecular weight is 462 g/mol. The van der Waals surface area contributed by atoms with Gasteiger partial charge in [-0.05, 0) is 42.0 Å². The van der Waals surface area contributed by atoms with Crippen LogP contribution in [0.15, 0.2) is 84.9 Å². The fourth-order valence-electron chi connectivity index (χ4n) is 3.55. The number of amides is 1. The van der Waals surface area contributed by atoms with E-state index in [1.165, 1.54) is 7.11 Å². The molecule has 0 aliphatic carbocycles. The van der Waals surface area contributed by atoms with E-state index < -0.39 is 35.9 Å². The van der Waals surface area contributed by atoms with Crippen LogP contribution >= 0.6 is 0 Å². The molecule has 0 unspecified atom stereocenters. The molecule has 3 rings (SSSR count). The predicted octanol–water partition coefficient (Wildman–Crippen LogP) is 4.20. The summed E-state index contributed by atoms with van der Waals surface area (Å²) in [6.45, 7) is 1.72. The first kappa shape index (κ1) is 24.5. The molecule has 0 aromatic heterocycles. The number of benzene rings is 3. The summed E-state index contributed by atoms with van der Waals surface area (Å²) in [4.78, 5) is 38.4. The number of rotatable bonds is 9. The molecular formula is C27H27NO6. The molecule has 0 aliphatic rings. The number of hydrogen-bond acceptors (Lipinski definition) is 6. The molecule has 0 bridgehead atoms. The van der Waals surface area contributed by atoms with Crippen molar-refractivity contribution in [3.05, 3.63) is 102 Å². The van der Waals surface area contributed by atoms with Crippen molar-refractivity contribution >= 4 is 17.8 Å². The quantitative estimate of drug-likeness (QED) is 0.480. The second-order valence-corrected chi connectivity index (χ2v) is 7.66. The Morgan fingerprint density at radius 1 is 0.765 bits per heavy atom. The average Bonchev–Trinajstić information content (AvgIpc) is 2.90. The molecule has 176 valence electrons. The van der Waals surface area contributed by atoms with Crippen LogP contribution in [0.2, 0.25) is 0 Å². The highest BCUT2D eigenvalue weighted by Gasteiger charge is 2.36. The predicted molar refractivity (Wildman–Crippen MR) is 126 cm³/mol. The Kier molecular flexibility index (Phi) is 8.40. The highest BCUT2D eigenvalue weighted by molar-refractivity contribution is 5.96. The van der Waals surface area contributed by atoms with E-state index in [9.17, 15) is 14.4 Å². The zero-order chi connectivity index (χ0) is 24.5. The zero-order valence-corrected chi connectivity index (χ0v) is 19.3. The number of esters is 2. The number of hydrogen-bond donors (Lipinski definition) is 1. The van der Waals surface area contributed by atoms with Crippen molar-refractivity contribution in [1.29, 1.82) is 0 Å². The molecule has 0 spiro atoms. The molecule has 3 atom stereocenters. The topological polar surface area (TPSA) is 90.9 Å². The van der Waals surface area contributed by atoms with Gasteiger partial charge in [-0.2, -0.15) is 0 Å². The lowest BCUT2D eigenvalue weighted by atomic mass is 9.90.